The molecule has 0 atom stereocenters. The van der Waals surface area contributed by atoms with Gasteiger partial charge >= 0.3 is 0 Å². The van der Waals surface area contributed by atoms with Crippen molar-refractivity contribution < 1.29 is 14.3 Å². The first-order chi connectivity index (χ1) is 12.0. The van der Waals surface area contributed by atoms with Crippen LogP contribution in [-0.2, 0) is 6.54 Å². The minimum atomic E-state index is 0.0163. The molecule has 0 unspecified atom stereocenters. The second-order valence-corrected chi connectivity index (χ2v) is 5.95. The number of hydrogen-bond donors (Lipinski definition) is 0. The molecule has 0 saturated heterocycles. The van der Waals surface area contributed by atoms with Gasteiger partial charge in [0.25, 0.3) is 5.91 Å². The number of methoxy groups -OCH3 is 2. The average Bonchev–Trinajstić information content (AvgIpc) is 2.65. The Balaban J connectivity index is 2.17. The van der Waals surface area contributed by atoms with Gasteiger partial charge in [-0.15, -0.1) is 0 Å². The van der Waals surface area contributed by atoms with Crippen LogP contribution in [0.2, 0.25) is 0 Å². The van der Waals surface area contributed by atoms with E-state index in [9.17, 15) is 4.79 Å². The molecule has 0 aromatic heterocycles. The fourth-order valence-electron chi connectivity index (χ4n) is 2.61. The van der Waals surface area contributed by atoms with Crippen LogP contribution in [-0.4, -0.2) is 45.7 Å². The maximum absolute atomic E-state index is 12.8. The molecule has 0 heterocycles. The summed E-state index contributed by atoms with van der Waals surface area (Å²) in [5.41, 5.74) is 2.75. The molecule has 0 saturated carbocycles. The Labute approximate surface area is 149 Å². The van der Waals surface area contributed by atoms with Gasteiger partial charge in [-0.2, -0.15) is 0 Å². The largest absolute Gasteiger partial charge is 0.493 e. The van der Waals surface area contributed by atoms with Crippen LogP contribution in [0.5, 0.6) is 11.5 Å². The van der Waals surface area contributed by atoms with E-state index in [4.69, 9.17) is 9.47 Å². The highest BCUT2D eigenvalue weighted by molar-refractivity contribution is 5.94. The monoisotopic (exact) mass is 342 g/mol. The van der Waals surface area contributed by atoms with Gasteiger partial charge in [-0.25, -0.2) is 0 Å². The van der Waals surface area contributed by atoms with E-state index in [0.29, 0.717) is 30.2 Å². The average molecular weight is 342 g/mol. The molecular weight excluding hydrogens is 316 g/mol. The van der Waals surface area contributed by atoms with Crippen molar-refractivity contribution in [3.8, 4) is 11.5 Å². The number of rotatable bonds is 7. The third kappa shape index (κ3) is 4.44. The Kier molecular flexibility index (Phi) is 6.28. The summed E-state index contributed by atoms with van der Waals surface area (Å²) in [7, 11) is 7.17. The van der Waals surface area contributed by atoms with Gasteiger partial charge in [0.15, 0.2) is 11.5 Å². The van der Waals surface area contributed by atoms with E-state index in [-0.39, 0.29) is 5.91 Å². The smallest absolute Gasteiger partial charge is 0.254 e. The first-order valence-electron chi connectivity index (χ1n) is 8.27. The third-order valence-corrected chi connectivity index (χ3v) is 4.12. The van der Waals surface area contributed by atoms with Crippen molar-refractivity contribution in [1.29, 1.82) is 0 Å². The zero-order valence-electron chi connectivity index (χ0n) is 15.6. The summed E-state index contributed by atoms with van der Waals surface area (Å²) in [4.78, 5) is 16.6. The van der Waals surface area contributed by atoms with Crippen LogP contribution in [0.25, 0.3) is 0 Å². The van der Waals surface area contributed by atoms with Crippen molar-refractivity contribution >= 4 is 11.6 Å². The number of anilines is 1. The van der Waals surface area contributed by atoms with Gasteiger partial charge < -0.3 is 19.3 Å². The van der Waals surface area contributed by atoms with E-state index >= 15 is 0 Å². The maximum atomic E-state index is 12.8. The van der Waals surface area contributed by atoms with Gasteiger partial charge in [-0.05, 0) is 48.9 Å². The van der Waals surface area contributed by atoms with Gasteiger partial charge in [0.2, 0.25) is 0 Å². The molecular formula is C20H26N2O3. The lowest BCUT2D eigenvalue weighted by Gasteiger charge is -2.22. The summed E-state index contributed by atoms with van der Waals surface area (Å²) in [6.45, 7) is 3.13. The third-order valence-electron chi connectivity index (χ3n) is 4.12. The van der Waals surface area contributed by atoms with Crippen molar-refractivity contribution in [3.63, 3.8) is 0 Å². The maximum Gasteiger partial charge on any atom is 0.254 e. The molecule has 2 aromatic carbocycles. The zero-order valence-corrected chi connectivity index (χ0v) is 15.6. The predicted octanol–water partition coefficient (Wildman–Crippen LogP) is 3.43. The molecule has 5 nitrogen and oxygen atoms in total. The van der Waals surface area contributed by atoms with Crippen LogP contribution in [0.1, 0.15) is 22.8 Å². The second kappa shape index (κ2) is 8.42. The van der Waals surface area contributed by atoms with Gasteiger partial charge in [-0.3, -0.25) is 4.79 Å². The standard InChI is InChI=1S/C20H26N2O3/c1-6-22(14-15-7-12-18(24-4)19(13-15)25-5)20(23)16-8-10-17(11-9-16)21(2)3/h7-13H,6,14H2,1-5H3. The van der Waals surface area contributed by atoms with Crippen LogP contribution in [0.15, 0.2) is 42.5 Å². The van der Waals surface area contributed by atoms with E-state index in [1.165, 1.54) is 0 Å². The molecule has 0 fully saturated rings. The Bertz CT molecular complexity index is 711. The highest BCUT2D eigenvalue weighted by Crippen LogP contribution is 2.28. The molecule has 0 aliphatic heterocycles. The second-order valence-electron chi connectivity index (χ2n) is 5.95. The Hall–Kier alpha value is -2.69. The minimum Gasteiger partial charge on any atom is -0.493 e. The number of nitrogens with zero attached hydrogens (tertiary/aromatic N) is 2. The molecule has 25 heavy (non-hydrogen) atoms. The van der Waals surface area contributed by atoms with Crippen LogP contribution in [0, 0.1) is 0 Å². The highest BCUT2D eigenvalue weighted by Gasteiger charge is 2.16. The summed E-state index contributed by atoms with van der Waals surface area (Å²) in [5.74, 6) is 1.36. The Morgan fingerprint density at radius 2 is 1.60 bits per heavy atom. The molecule has 134 valence electrons. The summed E-state index contributed by atoms with van der Waals surface area (Å²) in [5, 5.41) is 0. The normalized spacial score (nSPS) is 10.3. The van der Waals surface area contributed by atoms with Crippen LogP contribution < -0.4 is 14.4 Å². The van der Waals surface area contributed by atoms with E-state index in [2.05, 4.69) is 0 Å². The molecule has 0 spiro atoms. The summed E-state index contributed by atoms with van der Waals surface area (Å²) in [6.07, 6.45) is 0. The Morgan fingerprint density at radius 1 is 0.960 bits per heavy atom. The lowest BCUT2D eigenvalue weighted by Crippen LogP contribution is -2.30. The van der Waals surface area contributed by atoms with Crippen molar-refractivity contribution in [2.75, 3.05) is 39.8 Å². The molecule has 0 radical (unpaired) electrons. The van der Waals surface area contributed by atoms with Gasteiger partial charge in [0, 0.05) is 38.4 Å². The number of carbonyl (C=O) groups excluding carboxylic acids is 1. The highest BCUT2D eigenvalue weighted by atomic mass is 16.5. The molecule has 1 amide bonds. The van der Waals surface area contributed by atoms with Crippen LogP contribution in [0.3, 0.4) is 0 Å². The number of hydrogen-bond acceptors (Lipinski definition) is 4. The van der Waals surface area contributed by atoms with Gasteiger partial charge in [0.05, 0.1) is 14.2 Å². The molecule has 0 aliphatic carbocycles. The first-order valence-corrected chi connectivity index (χ1v) is 8.27. The topological polar surface area (TPSA) is 42.0 Å². The van der Waals surface area contributed by atoms with Crippen LogP contribution >= 0.6 is 0 Å². The number of benzene rings is 2. The molecule has 0 N–H and O–H groups in total. The lowest BCUT2D eigenvalue weighted by atomic mass is 10.1. The molecule has 0 bridgehead atoms. The van der Waals surface area contributed by atoms with Crippen LogP contribution in [0.4, 0.5) is 5.69 Å². The summed E-state index contributed by atoms with van der Waals surface area (Å²) in [6, 6.07) is 13.4. The fourth-order valence-corrected chi connectivity index (χ4v) is 2.61. The summed E-state index contributed by atoms with van der Waals surface area (Å²) < 4.78 is 10.6. The van der Waals surface area contributed by atoms with Crippen molar-refractivity contribution in [2.24, 2.45) is 0 Å². The van der Waals surface area contributed by atoms with E-state index in [1.54, 1.807) is 14.2 Å². The van der Waals surface area contributed by atoms with Crippen molar-refractivity contribution in [1.82, 2.24) is 4.90 Å². The molecule has 2 aromatic rings. The first kappa shape index (κ1) is 18.6. The number of carbonyl (C=O) groups is 1. The predicted molar refractivity (Wildman–Crippen MR) is 101 cm³/mol. The van der Waals surface area contributed by atoms with Gasteiger partial charge in [0.1, 0.15) is 0 Å². The Morgan fingerprint density at radius 3 is 2.12 bits per heavy atom. The summed E-state index contributed by atoms with van der Waals surface area (Å²) >= 11 is 0. The van der Waals surface area contributed by atoms with Crippen molar-refractivity contribution in [3.05, 3.63) is 53.6 Å². The van der Waals surface area contributed by atoms with Crippen molar-refractivity contribution in [2.45, 2.75) is 13.5 Å². The molecule has 0 aliphatic rings. The number of ether oxygens (including phenoxy) is 2. The van der Waals surface area contributed by atoms with E-state index in [0.717, 1.165) is 11.3 Å². The quantitative estimate of drug-likeness (QED) is 0.773. The molecule has 5 heteroatoms. The zero-order chi connectivity index (χ0) is 18.4. The lowest BCUT2D eigenvalue weighted by molar-refractivity contribution is 0.0752. The SMILES string of the molecule is CCN(Cc1ccc(OC)c(OC)c1)C(=O)c1ccc(N(C)C)cc1. The molecule has 2 rings (SSSR count). The van der Waals surface area contributed by atoms with Gasteiger partial charge in [-0.1, -0.05) is 6.07 Å². The minimum absolute atomic E-state index is 0.0163. The fraction of sp³-hybridized carbons (Fsp3) is 0.350. The van der Waals surface area contributed by atoms with E-state index < -0.39 is 0 Å². The number of amides is 1. The van der Waals surface area contributed by atoms with E-state index in [1.807, 2.05) is 73.3 Å².